The van der Waals surface area contributed by atoms with Gasteiger partial charge in [0.1, 0.15) is 0 Å². The van der Waals surface area contributed by atoms with E-state index in [2.05, 4.69) is 34.6 Å². The van der Waals surface area contributed by atoms with Crippen molar-refractivity contribution in [3.05, 3.63) is 11.6 Å². The van der Waals surface area contributed by atoms with Crippen LogP contribution in [0.15, 0.2) is 11.6 Å². The van der Waals surface area contributed by atoms with Gasteiger partial charge in [0.15, 0.2) is 0 Å². The van der Waals surface area contributed by atoms with E-state index >= 15 is 0 Å². The molecule has 0 spiro atoms. The highest BCUT2D eigenvalue weighted by molar-refractivity contribution is 7.09. The van der Waals surface area contributed by atoms with Crippen LogP contribution in [0.1, 0.15) is 13.8 Å². The van der Waals surface area contributed by atoms with Crippen LogP contribution in [0, 0.1) is 0 Å². The number of hydrogen-bond acceptors (Lipinski definition) is 5. The normalized spacial score (nSPS) is 9.50. The molecule has 0 unspecified atom stereocenters. The van der Waals surface area contributed by atoms with E-state index in [-0.39, 0.29) is 0 Å². The molecule has 1 heterocycles. The number of anilines is 2. The zero-order chi connectivity index (χ0) is 8.97. The fraction of sp³-hybridized carbons (Fsp3) is 0.429. The summed E-state index contributed by atoms with van der Waals surface area (Å²) in [6.07, 6.45) is 2.08. The molecule has 1 aromatic heterocycles. The first-order valence-electron chi connectivity index (χ1n) is 3.65. The molecule has 3 N–H and O–H groups in total. The molecule has 1 rings (SSSR count). The quantitative estimate of drug-likeness (QED) is 0.699. The number of nitrogen functional groups attached to an aromatic ring is 1. The number of allylic oxidation sites excluding steroid dienone is 1. The van der Waals surface area contributed by atoms with E-state index in [0.717, 1.165) is 11.7 Å². The van der Waals surface area contributed by atoms with Gasteiger partial charge in [-0.2, -0.15) is 9.36 Å². The maximum Gasteiger partial charge on any atom is 0.233 e. The average Bonchev–Trinajstić information content (AvgIpc) is 2.35. The van der Waals surface area contributed by atoms with Crippen molar-refractivity contribution in [2.45, 2.75) is 13.8 Å². The third kappa shape index (κ3) is 2.87. The fourth-order valence-electron chi connectivity index (χ4n) is 0.649. The molecule has 0 aliphatic carbocycles. The Morgan fingerprint density at radius 1 is 1.67 bits per heavy atom. The second-order valence-electron chi connectivity index (χ2n) is 2.62. The molecule has 66 valence electrons. The lowest BCUT2D eigenvalue weighted by Crippen LogP contribution is -1.98. The molecule has 0 fully saturated rings. The average molecular weight is 184 g/mol. The largest absolute Gasteiger partial charge is 0.367 e. The summed E-state index contributed by atoms with van der Waals surface area (Å²) in [6, 6.07) is 0. The summed E-state index contributed by atoms with van der Waals surface area (Å²) >= 11 is 1.27. The summed E-state index contributed by atoms with van der Waals surface area (Å²) in [6.45, 7) is 4.88. The van der Waals surface area contributed by atoms with Crippen LogP contribution >= 0.6 is 11.5 Å². The summed E-state index contributed by atoms with van der Waals surface area (Å²) < 4.78 is 3.84. The highest BCUT2D eigenvalue weighted by Gasteiger charge is 1.96. The monoisotopic (exact) mass is 184 g/mol. The van der Waals surface area contributed by atoms with E-state index in [4.69, 9.17) is 5.73 Å². The Morgan fingerprint density at radius 3 is 2.92 bits per heavy atom. The minimum atomic E-state index is 0.333. The molecule has 0 radical (unpaired) electrons. The van der Waals surface area contributed by atoms with Crippen LogP contribution < -0.4 is 11.1 Å². The minimum Gasteiger partial charge on any atom is -0.367 e. The molecule has 4 nitrogen and oxygen atoms in total. The van der Waals surface area contributed by atoms with Crippen molar-refractivity contribution in [1.82, 2.24) is 9.36 Å². The molecule has 5 heteroatoms. The Hall–Kier alpha value is -1.10. The summed E-state index contributed by atoms with van der Waals surface area (Å²) in [7, 11) is 0. The van der Waals surface area contributed by atoms with Gasteiger partial charge in [-0.3, -0.25) is 0 Å². The number of aromatic nitrogens is 2. The number of hydrogen-bond donors (Lipinski definition) is 2. The van der Waals surface area contributed by atoms with E-state index in [0.29, 0.717) is 5.95 Å². The Balaban J connectivity index is 2.38. The summed E-state index contributed by atoms with van der Waals surface area (Å²) in [5.41, 5.74) is 6.62. The predicted octanol–water partition coefficient (Wildman–Crippen LogP) is 1.50. The Bertz CT molecular complexity index is 275. The van der Waals surface area contributed by atoms with Crippen LogP contribution in [0.4, 0.5) is 11.1 Å². The van der Waals surface area contributed by atoms with Gasteiger partial charge < -0.3 is 11.1 Å². The van der Waals surface area contributed by atoms with Crippen molar-refractivity contribution < 1.29 is 0 Å². The molecular formula is C7H12N4S. The van der Waals surface area contributed by atoms with Crippen LogP contribution in [-0.2, 0) is 0 Å². The van der Waals surface area contributed by atoms with Crippen LogP contribution in [-0.4, -0.2) is 15.9 Å². The van der Waals surface area contributed by atoms with E-state index in [1.165, 1.54) is 17.1 Å². The van der Waals surface area contributed by atoms with Crippen molar-refractivity contribution in [1.29, 1.82) is 0 Å². The maximum absolute atomic E-state index is 5.34. The third-order valence-electron chi connectivity index (χ3n) is 1.21. The van der Waals surface area contributed by atoms with Gasteiger partial charge in [0.05, 0.1) is 0 Å². The lowest BCUT2D eigenvalue weighted by molar-refractivity contribution is 1.23. The van der Waals surface area contributed by atoms with E-state index in [1.54, 1.807) is 0 Å². The molecule has 0 aliphatic rings. The van der Waals surface area contributed by atoms with Gasteiger partial charge in [-0.15, -0.1) is 0 Å². The zero-order valence-corrected chi connectivity index (χ0v) is 7.98. The van der Waals surface area contributed by atoms with E-state index < -0.39 is 0 Å². The van der Waals surface area contributed by atoms with E-state index in [1.807, 2.05) is 0 Å². The number of nitrogens with two attached hydrogens (primary N) is 1. The second kappa shape index (κ2) is 4.06. The SMILES string of the molecule is CC(C)=CCNc1nc(N)ns1. The molecule has 12 heavy (non-hydrogen) atoms. The fourth-order valence-corrected chi connectivity index (χ4v) is 1.15. The summed E-state index contributed by atoms with van der Waals surface area (Å²) in [5, 5.41) is 3.85. The molecule has 1 aromatic rings. The third-order valence-corrected chi connectivity index (χ3v) is 1.89. The van der Waals surface area contributed by atoms with E-state index in [9.17, 15) is 0 Å². The topological polar surface area (TPSA) is 63.8 Å². The Kier molecular flexibility index (Phi) is 3.04. The molecule has 0 bridgehead atoms. The minimum absolute atomic E-state index is 0.333. The predicted molar refractivity (Wildman–Crippen MR) is 52.2 cm³/mol. The van der Waals surface area contributed by atoms with Crippen molar-refractivity contribution in [3.8, 4) is 0 Å². The summed E-state index contributed by atoms with van der Waals surface area (Å²) in [4.78, 5) is 3.95. The van der Waals surface area contributed by atoms with Crippen molar-refractivity contribution in [3.63, 3.8) is 0 Å². The first-order chi connectivity index (χ1) is 5.68. The van der Waals surface area contributed by atoms with Gasteiger partial charge in [-0.05, 0) is 13.8 Å². The maximum atomic E-state index is 5.34. The zero-order valence-electron chi connectivity index (χ0n) is 7.16. The molecule has 0 amide bonds. The molecule has 0 saturated heterocycles. The van der Waals surface area contributed by atoms with Crippen LogP contribution in [0.5, 0.6) is 0 Å². The number of nitrogens with zero attached hydrogens (tertiary/aromatic N) is 2. The highest BCUT2D eigenvalue weighted by atomic mass is 32.1. The van der Waals surface area contributed by atoms with Gasteiger partial charge in [-0.25, -0.2) is 0 Å². The Labute approximate surface area is 75.7 Å². The standard InChI is InChI=1S/C7H12N4S/c1-5(2)3-4-9-7-10-6(8)11-12-7/h3H,4H2,1-2H3,(H3,8,9,10,11). The van der Waals surface area contributed by atoms with Crippen molar-refractivity contribution in [2.24, 2.45) is 0 Å². The van der Waals surface area contributed by atoms with Crippen molar-refractivity contribution >= 4 is 22.6 Å². The smallest absolute Gasteiger partial charge is 0.233 e. The van der Waals surface area contributed by atoms with Gasteiger partial charge in [-0.1, -0.05) is 11.6 Å². The number of nitrogens with one attached hydrogen (secondary N) is 1. The molecule has 0 aliphatic heterocycles. The first-order valence-corrected chi connectivity index (χ1v) is 4.42. The highest BCUT2D eigenvalue weighted by Crippen LogP contribution is 2.10. The second-order valence-corrected chi connectivity index (χ2v) is 3.37. The number of rotatable bonds is 3. The first kappa shape index (κ1) is 8.99. The van der Waals surface area contributed by atoms with Gasteiger partial charge >= 0.3 is 0 Å². The lowest BCUT2D eigenvalue weighted by Gasteiger charge is -1.95. The van der Waals surface area contributed by atoms with Crippen molar-refractivity contribution in [2.75, 3.05) is 17.6 Å². The van der Waals surface area contributed by atoms with Gasteiger partial charge in [0.2, 0.25) is 11.1 Å². The molecular weight excluding hydrogens is 172 g/mol. The Morgan fingerprint density at radius 2 is 2.42 bits per heavy atom. The van der Waals surface area contributed by atoms with Crippen LogP contribution in [0.25, 0.3) is 0 Å². The van der Waals surface area contributed by atoms with Crippen LogP contribution in [0.2, 0.25) is 0 Å². The van der Waals surface area contributed by atoms with Gasteiger partial charge in [0.25, 0.3) is 0 Å². The molecule has 0 saturated carbocycles. The van der Waals surface area contributed by atoms with Gasteiger partial charge in [0, 0.05) is 18.1 Å². The molecule has 0 atom stereocenters. The summed E-state index contributed by atoms with van der Waals surface area (Å²) in [5.74, 6) is 0.333. The lowest BCUT2D eigenvalue weighted by atomic mass is 10.3. The molecule has 0 aromatic carbocycles. The van der Waals surface area contributed by atoms with Crippen LogP contribution in [0.3, 0.4) is 0 Å².